The quantitative estimate of drug-likeness (QED) is 0.845. The first kappa shape index (κ1) is 15.9. The van der Waals surface area contributed by atoms with Crippen molar-refractivity contribution in [3.63, 3.8) is 0 Å². The molecule has 1 heterocycles. The topological polar surface area (TPSA) is 39.1 Å². The molecule has 0 aliphatic carbocycles. The molecule has 0 amide bonds. The van der Waals surface area contributed by atoms with E-state index in [1.165, 1.54) is 0 Å². The number of nitrogens with one attached hydrogen (secondary N) is 1. The molecule has 2 rings (SSSR count). The van der Waals surface area contributed by atoms with E-state index in [9.17, 15) is 0 Å². The summed E-state index contributed by atoms with van der Waals surface area (Å²) in [6, 6.07) is 8.07. The van der Waals surface area contributed by atoms with Crippen LogP contribution in [-0.4, -0.2) is 16.3 Å². The predicted molar refractivity (Wildman–Crippen MR) is 85.8 cm³/mol. The predicted octanol–water partition coefficient (Wildman–Crippen LogP) is 3.81. The van der Waals surface area contributed by atoms with Gasteiger partial charge in [-0.1, -0.05) is 24.6 Å². The molecule has 4 nitrogen and oxygen atoms in total. The zero-order valence-electron chi connectivity index (χ0n) is 12.8. The molecule has 0 saturated heterocycles. The maximum atomic E-state index is 6.25. The summed E-state index contributed by atoms with van der Waals surface area (Å²) in [5.41, 5.74) is 1.90. The van der Waals surface area contributed by atoms with Crippen molar-refractivity contribution in [3.05, 3.63) is 46.7 Å². The van der Waals surface area contributed by atoms with Gasteiger partial charge in [0.1, 0.15) is 12.4 Å². The molecule has 1 N–H and O–H groups in total. The first-order valence-corrected chi connectivity index (χ1v) is 7.64. The van der Waals surface area contributed by atoms with Crippen molar-refractivity contribution in [3.8, 4) is 5.75 Å². The minimum atomic E-state index is 0.356. The maximum Gasteiger partial charge on any atom is 0.132 e. The number of hydrogen-bond donors (Lipinski definition) is 1. The van der Waals surface area contributed by atoms with Crippen LogP contribution in [0.2, 0.25) is 5.02 Å². The Kier molecular flexibility index (Phi) is 5.65. The summed E-state index contributed by atoms with van der Waals surface area (Å²) in [6.45, 7) is 8.30. The van der Waals surface area contributed by atoms with Crippen molar-refractivity contribution in [2.24, 2.45) is 0 Å². The largest absolute Gasteiger partial charge is 0.487 e. The van der Waals surface area contributed by atoms with Gasteiger partial charge in [-0.15, -0.1) is 0 Å². The third kappa shape index (κ3) is 4.22. The van der Waals surface area contributed by atoms with Crippen LogP contribution in [0.4, 0.5) is 0 Å². The zero-order valence-corrected chi connectivity index (χ0v) is 13.5. The molecule has 0 spiro atoms. The Morgan fingerprint density at radius 3 is 2.81 bits per heavy atom. The summed E-state index contributed by atoms with van der Waals surface area (Å²) in [7, 11) is 0. The first-order valence-electron chi connectivity index (χ1n) is 7.26. The van der Waals surface area contributed by atoms with Gasteiger partial charge in [0.05, 0.1) is 5.69 Å². The molecule has 1 aromatic carbocycles. The van der Waals surface area contributed by atoms with Gasteiger partial charge in [0.2, 0.25) is 0 Å². The molecule has 0 fully saturated rings. The fourth-order valence-corrected chi connectivity index (χ4v) is 2.22. The molecule has 0 radical (unpaired) electrons. The molecule has 0 aliphatic heterocycles. The standard InChI is InChI=1S/C16H22ClN3O/c1-4-18-10-14-15(17)6-5-7-16(14)21-11-13-8-9-20(19-13)12(2)3/h5-9,12,18H,4,10-11H2,1-3H3. The molecule has 1 aromatic heterocycles. The fourth-order valence-electron chi connectivity index (χ4n) is 1.99. The molecule has 0 unspecified atom stereocenters. The molecule has 21 heavy (non-hydrogen) atoms. The molecule has 114 valence electrons. The lowest BCUT2D eigenvalue weighted by atomic mass is 10.2. The normalized spacial score (nSPS) is 11.1. The van der Waals surface area contributed by atoms with E-state index in [1.54, 1.807) is 0 Å². The van der Waals surface area contributed by atoms with Crippen molar-refractivity contribution < 1.29 is 4.74 Å². The van der Waals surface area contributed by atoms with E-state index >= 15 is 0 Å². The summed E-state index contributed by atoms with van der Waals surface area (Å²) in [4.78, 5) is 0. The maximum absolute atomic E-state index is 6.25. The third-order valence-corrected chi connectivity index (χ3v) is 3.55. The molecular formula is C16H22ClN3O. The number of ether oxygens (including phenoxy) is 1. The summed E-state index contributed by atoms with van der Waals surface area (Å²) < 4.78 is 7.82. The second-order valence-corrected chi connectivity index (χ2v) is 5.57. The van der Waals surface area contributed by atoms with E-state index in [2.05, 4.69) is 31.2 Å². The van der Waals surface area contributed by atoms with E-state index in [4.69, 9.17) is 16.3 Å². The van der Waals surface area contributed by atoms with Crippen LogP contribution in [0, 0.1) is 0 Å². The van der Waals surface area contributed by atoms with E-state index in [0.29, 0.717) is 19.2 Å². The van der Waals surface area contributed by atoms with E-state index in [1.807, 2.05) is 35.1 Å². The van der Waals surface area contributed by atoms with Crippen LogP contribution in [0.25, 0.3) is 0 Å². The number of hydrogen-bond acceptors (Lipinski definition) is 3. The Labute approximate surface area is 131 Å². The average Bonchev–Trinajstić information content (AvgIpc) is 2.93. The van der Waals surface area contributed by atoms with Crippen LogP contribution < -0.4 is 10.1 Å². The van der Waals surface area contributed by atoms with Crippen molar-refractivity contribution >= 4 is 11.6 Å². The summed E-state index contributed by atoms with van der Waals surface area (Å²) in [5.74, 6) is 0.808. The average molecular weight is 308 g/mol. The lowest BCUT2D eigenvalue weighted by Crippen LogP contribution is -2.13. The van der Waals surface area contributed by atoms with Gasteiger partial charge in [-0.2, -0.15) is 5.10 Å². The highest BCUT2D eigenvalue weighted by molar-refractivity contribution is 6.31. The van der Waals surface area contributed by atoms with Crippen LogP contribution in [0.5, 0.6) is 5.75 Å². The van der Waals surface area contributed by atoms with Crippen LogP contribution in [0.3, 0.4) is 0 Å². The molecular weight excluding hydrogens is 286 g/mol. The van der Waals surface area contributed by atoms with Gasteiger partial charge in [-0.3, -0.25) is 4.68 Å². The van der Waals surface area contributed by atoms with Gasteiger partial charge >= 0.3 is 0 Å². The van der Waals surface area contributed by atoms with Crippen LogP contribution in [-0.2, 0) is 13.2 Å². The summed E-state index contributed by atoms with van der Waals surface area (Å²) in [6.07, 6.45) is 1.97. The fraction of sp³-hybridized carbons (Fsp3) is 0.438. The smallest absolute Gasteiger partial charge is 0.132 e. The second kappa shape index (κ2) is 7.48. The molecule has 0 bridgehead atoms. The van der Waals surface area contributed by atoms with Crippen molar-refractivity contribution in [2.75, 3.05) is 6.54 Å². The highest BCUT2D eigenvalue weighted by Gasteiger charge is 2.09. The lowest BCUT2D eigenvalue weighted by Gasteiger charge is -2.12. The number of aromatic nitrogens is 2. The van der Waals surface area contributed by atoms with E-state index < -0.39 is 0 Å². The molecule has 0 atom stereocenters. The highest BCUT2D eigenvalue weighted by atomic mass is 35.5. The second-order valence-electron chi connectivity index (χ2n) is 5.17. The minimum Gasteiger partial charge on any atom is -0.487 e. The Morgan fingerprint density at radius 1 is 1.33 bits per heavy atom. The van der Waals surface area contributed by atoms with Crippen molar-refractivity contribution in [2.45, 2.75) is 40.0 Å². The van der Waals surface area contributed by atoms with E-state index in [-0.39, 0.29) is 0 Å². The summed E-state index contributed by atoms with van der Waals surface area (Å²) in [5, 5.41) is 8.48. The zero-order chi connectivity index (χ0) is 15.2. The Hall–Kier alpha value is -1.52. The van der Waals surface area contributed by atoms with Gasteiger partial charge < -0.3 is 10.1 Å². The van der Waals surface area contributed by atoms with Crippen molar-refractivity contribution in [1.29, 1.82) is 0 Å². The lowest BCUT2D eigenvalue weighted by molar-refractivity contribution is 0.295. The minimum absolute atomic E-state index is 0.356. The third-order valence-electron chi connectivity index (χ3n) is 3.20. The number of nitrogens with zero attached hydrogens (tertiary/aromatic N) is 2. The SMILES string of the molecule is CCNCc1c(Cl)cccc1OCc1ccn(C(C)C)n1. The number of halogens is 1. The summed E-state index contributed by atoms with van der Waals surface area (Å²) >= 11 is 6.25. The number of rotatable bonds is 7. The highest BCUT2D eigenvalue weighted by Crippen LogP contribution is 2.27. The molecule has 2 aromatic rings. The van der Waals surface area contributed by atoms with Crippen molar-refractivity contribution in [1.82, 2.24) is 15.1 Å². The van der Waals surface area contributed by atoms with Crippen LogP contribution >= 0.6 is 11.6 Å². The van der Waals surface area contributed by atoms with Gasteiger partial charge in [0, 0.05) is 29.4 Å². The van der Waals surface area contributed by atoms with Crippen LogP contribution in [0.15, 0.2) is 30.5 Å². The Balaban J connectivity index is 2.06. The first-order chi connectivity index (χ1) is 10.1. The van der Waals surface area contributed by atoms with Gasteiger partial charge in [-0.05, 0) is 38.6 Å². The molecule has 0 saturated carbocycles. The van der Waals surface area contributed by atoms with Gasteiger partial charge in [0.25, 0.3) is 0 Å². The van der Waals surface area contributed by atoms with Gasteiger partial charge in [0.15, 0.2) is 0 Å². The molecule has 5 heteroatoms. The number of benzene rings is 1. The Bertz CT molecular complexity index is 581. The molecule has 0 aliphatic rings. The Morgan fingerprint density at radius 2 is 2.14 bits per heavy atom. The van der Waals surface area contributed by atoms with Crippen LogP contribution in [0.1, 0.15) is 38.1 Å². The monoisotopic (exact) mass is 307 g/mol. The van der Waals surface area contributed by atoms with Gasteiger partial charge in [-0.25, -0.2) is 0 Å². The van der Waals surface area contributed by atoms with E-state index in [0.717, 1.165) is 28.6 Å².